The quantitative estimate of drug-likeness (QED) is 0.648. The largest absolute Gasteiger partial charge is 0.376 e. The summed E-state index contributed by atoms with van der Waals surface area (Å²) in [6.45, 7) is 12.1. The van der Waals surface area contributed by atoms with E-state index >= 15 is 0 Å². The lowest BCUT2D eigenvalue weighted by atomic mass is 10.2. The topological polar surface area (TPSA) is 38.5 Å². The van der Waals surface area contributed by atoms with Crippen molar-refractivity contribution in [1.82, 2.24) is 4.90 Å². The van der Waals surface area contributed by atoms with Crippen molar-refractivity contribution in [3.05, 3.63) is 0 Å². The van der Waals surface area contributed by atoms with Crippen LogP contribution in [0.3, 0.4) is 0 Å². The number of rotatable bonds is 8. The Labute approximate surface area is 88.6 Å². The Balaban J connectivity index is 3.97. The van der Waals surface area contributed by atoms with Crippen molar-refractivity contribution < 1.29 is 4.74 Å². The third kappa shape index (κ3) is 5.58. The SMILES string of the molecule is CCCN(CC(CN)OCC)C(C)C. The first kappa shape index (κ1) is 13.9. The molecule has 0 fully saturated rings. The highest BCUT2D eigenvalue weighted by molar-refractivity contribution is 4.69. The Kier molecular flexibility index (Phi) is 8.14. The summed E-state index contributed by atoms with van der Waals surface area (Å²) in [7, 11) is 0. The molecule has 0 aliphatic rings. The normalized spacial score (nSPS) is 13.9. The third-order valence-electron chi connectivity index (χ3n) is 2.34. The van der Waals surface area contributed by atoms with E-state index in [0.717, 1.165) is 19.7 Å². The predicted octanol–water partition coefficient (Wildman–Crippen LogP) is 1.47. The average Bonchev–Trinajstić information content (AvgIpc) is 2.15. The monoisotopic (exact) mass is 202 g/mol. The zero-order chi connectivity index (χ0) is 11.0. The van der Waals surface area contributed by atoms with E-state index in [0.29, 0.717) is 12.6 Å². The zero-order valence-electron chi connectivity index (χ0n) is 10.1. The van der Waals surface area contributed by atoms with Gasteiger partial charge in [-0.3, -0.25) is 4.90 Å². The first-order valence-electron chi connectivity index (χ1n) is 5.71. The van der Waals surface area contributed by atoms with E-state index in [9.17, 15) is 0 Å². The van der Waals surface area contributed by atoms with E-state index in [2.05, 4.69) is 25.7 Å². The summed E-state index contributed by atoms with van der Waals surface area (Å²) in [6.07, 6.45) is 1.37. The van der Waals surface area contributed by atoms with Crippen molar-refractivity contribution in [3.8, 4) is 0 Å². The van der Waals surface area contributed by atoms with Crippen LogP contribution in [0.25, 0.3) is 0 Å². The van der Waals surface area contributed by atoms with Crippen molar-refractivity contribution in [2.45, 2.75) is 46.3 Å². The van der Waals surface area contributed by atoms with Crippen LogP contribution in [0.4, 0.5) is 0 Å². The van der Waals surface area contributed by atoms with Crippen LogP contribution in [0.2, 0.25) is 0 Å². The highest BCUT2D eigenvalue weighted by Crippen LogP contribution is 2.03. The molecule has 0 aliphatic heterocycles. The van der Waals surface area contributed by atoms with E-state index in [1.54, 1.807) is 0 Å². The molecule has 0 bridgehead atoms. The Bertz CT molecular complexity index is 128. The maximum Gasteiger partial charge on any atom is 0.0823 e. The van der Waals surface area contributed by atoms with E-state index in [1.165, 1.54) is 6.42 Å². The fourth-order valence-corrected chi connectivity index (χ4v) is 1.54. The second-order valence-electron chi connectivity index (χ2n) is 3.90. The lowest BCUT2D eigenvalue weighted by molar-refractivity contribution is 0.0313. The number of nitrogens with two attached hydrogens (primary N) is 1. The van der Waals surface area contributed by atoms with Crippen molar-refractivity contribution >= 4 is 0 Å². The van der Waals surface area contributed by atoms with Gasteiger partial charge in [-0.1, -0.05) is 6.92 Å². The third-order valence-corrected chi connectivity index (χ3v) is 2.34. The first-order chi connectivity index (χ1) is 6.65. The highest BCUT2D eigenvalue weighted by atomic mass is 16.5. The summed E-state index contributed by atoms with van der Waals surface area (Å²) >= 11 is 0. The van der Waals surface area contributed by atoms with Crippen LogP contribution in [0.5, 0.6) is 0 Å². The minimum atomic E-state index is 0.189. The van der Waals surface area contributed by atoms with E-state index in [-0.39, 0.29) is 6.10 Å². The lowest BCUT2D eigenvalue weighted by Gasteiger charge is -2.29. The molecule has 0 aromatic heterocycles. The van der Waals surface area contributed by atoms with Crippen LogP contribution in [0.1, 0.15) is 34.1 Å². The molecule has 1 atom stereocenters. The number of nitrogens with zero attached hydrogens (tertiary/aromatic N) is 1. The fourth-order valence-electron chi connectivity index (χ4n) is 1.54. The molecular formula is C11H26N2O. The van der Waals surface area contributed by atoms with E-state index in [4.69, 9.17) is 10.5 Å². The van der Waals surface area contributed by atoms with Gasteiger partial charge < -0.3 is 10.5 Å². The second kappa shape index (κ2) is 8.21. The molecule has 3 nitrogen and oxygen atoms in total. The molecule has 3 heteroatoms. The average molecular weight is 202 g/mol. The second-order valence-corrected chi connectivity index (χ2v) is 3.90. The Morgan fingerprint density at radius 3 is 2.29 bits per heavy atom. The summed E-state index contributed by atoms with van der Waals surface area (Å²) < 4.78 is 5.55. The summed E-state index contributed by atoms with van der Waals surface area (Å²) in [4.78, 5) is 2.42. The first-order valence-corrected chi connectivity index (χ1v) is 5.71. The molecule has 1 unspecified atom stereocenters. The fraction of sp³-hybridized carbons (Fsp3) is 1.00. The van der Waals surface area contributed by atoms with Crippen molar-refractivity contribution in [2.24, 2.45) is 5.73 Å². The molecule has 0 saturated carbocycles. The lowest BCUT2D eigenvalue weighted by Crippen LogP contribution is -2.42. The molecule has 0 heterocycles. The molecule has 0 amide bonds. The van der Waals surface area contributed by atoms with Gasteiger partial charge in [0, 0.05) is 25.7 Å². The molecule has 0 radical (unpaired) electrons. The predicted molar refractivity (Wildman–Crippen MR) is 61.5 cm³/mol. The number of ether oxygens (including phenoxy) is 1. The molecule has 0 aromatic rings. The Morgan fingerprint density at radius 2 is 1.93 bits per heavy atom. The van der Waals surface area contributed by atoms with Crippen LogP contribution in [-0.2, 0) is 4.74 Å². The highest BCUT2D eigenvalue weighted by Gasteiger charge is 2.14. The van der Waals surface area contributed by atoms with Gasteiger partial charge in [-0.15, -0.1) is 0 Å². The molecule has 0 spiro atoms. The minimum Gasteiger partial charge on any atom is -0.376 e. The van der Waals surface area contributed by atoms with Crippen LogP contribution in [0, 0.1) is 0 Å². The van der Waals surface area contributed by atoms with Crippen LogP contribution in [-0.4, -0.2) is 43.3 Å². The number of hydrogen-bond donors (Lipinski definition) is 1. The molecule has 0 saturated heterocycles. The molecule has 0 aromatic carbocycles. The van der Waals surface area contributed by atoms with Gasteiger partial charge in [-0.05, 0) is 33.7 Å². The van der Waals surface area contributed by atoms with Crippen molar-refractivity contribution in [2.75, 3.05) is 26.2 Å². The summed E-state index contributed by atoms with van der Waals surface area (Å²) in [5, 5.41) is 0. The van der Waals surface area contributed by atoms with E-state index < -0.39 is 0 Å². The molecule has 0 aliphatic carbocycles. The van der Waals surface area contributed by atoms with Gasteiger partial charge in [-0.25, -0.2) is 0 Å². The summed E-state index contributed by atoms with van der Waals surface area (Å²) in [6, 6.07) is 0.574. The van der Waals surface area contributed by atoms with E-state index in [1.807, 2.05) is 6.92 Å². The Morgan fingerprint density at radius 1 is 1.29 bits per heavy atom. The standard InChI is InChI=1S/C11H26N2O/c1-5-7-13(10(3)4)9-11(8-12)14-6-2/h10-11H,5-9,12H2,1-4H3. The maximum absolute atomic E-state index is 5.65. The Hall–Kier alpha value is -0.120. The molecule has 14 heavy (non-hydrogen) atoms. The summed E-state index contributed by atoms with van der Waals surface area (Å²) in [5.41, 5.74) is 5.65. The van der Waals surface area contributed by atoms with Crippen molar-refractivity contribution in [3.63, 3.8) is 0 Å². The van der Waals surface area contributed by atoms with Crippen LogP contribution < -0.4 is 5.73 Å². The van der Waals surface area contributed by atoms with Gasteiger partial charge in [0.25, 0.3) is 0 Å². The molecule has 0 rings (SSSR count). The summed E-state index contributed by atoms with van der Waals surface area (Å²) in [5.74, 6) is 0. The van der Waals surface area contributed by atoms with Crippen molar-refractivity contribution in [1.29, 1.82) is 0 Å². The zero-order valence-corrected chi connectivity index (χ0v) is 10.1. The van der Waals surface area contributed by atoms with Gasteiger partial charge in [0.1, 0.15) is 0 Å². The van der Waals surface area contributed by atoms with Crippen LogP contribution >= 0.6 is 0 Å². The van der Waals surface area contributed by atoms with Gasteiger partial charge in [0.05, 0.1) is 6.10 Å². The van der Waals surface area contributed by atoms with Gasteiger partial charge >= 0.3 is 0 Å². The van der Waals surface area contributed by atoms with Crippen LogP contribution in [0.15, 0.2) is 0 Å². The minimum absolute atomic E-state index is 0.189. The smallest absolute Gasteiger partial charge is 0.0823 e. The number of hydrogen-bond acceptors (Lipinski definition) is 3. The van der Waals surface area contributed by atoms with Gasteiger partial charge in [-0.2, -0.15) is 0 Å². The molecule has 2 N–H and O–H groups in total. The van der Waals surface area contributed by atoms with Gasteiger partial charge in [0.2, 0.25) is 0 Å². The van der Waals surface area contributed by atoms with Gasteiger partial charge in [0.15, 0.2) is 0 Å². The molecular weight excluding hydrogens is 176 g/mol. The molecule has 86 valence electrons. The maximum atomic E-state index is 5.65.